The van der Waals surface area contributed by atoms with E-state index in [9.17, 15) is 9.59 Å². The van der Waals surface area contributed by atoms with Gasteiger partial charge in [0.1, 0.15) is 0 Å². The number of rotatable bonds is 2. The minimum Gasteiger partial charge on any atom is -0.289 e. The summed E-state index contributed by atoms with van der Waals surface area (Å²) in [4.78, 5) is 21.4. The van der Waals surface area contributed by atoms with Crippen molar-refractivity contribution < 1.29 is 9.59 Å². The van der Waals surface area contributed by atoms with Crippen LogP contribution < -0.4 is 5.32 Å². The number of carbonyl (C=O) groups is 2. The Morgan fingerprint density at radius 3 is 1.64 bits per heavy atom. The van der Waals surface area contributed by atoms with Crippen molar-refractivity contribution in [1.82, 2.24) is 5.32 Å². The van der Waals surface area contributed by atoms with E-state index in [4.69, 9.17) is 0 Å². The Bertz CT molecular complexity index is 182. The van der Waals surface area contributed by atoms with Gasteiger partial charge in [-0.3, -0.25) is 14.9 Å². The van der Waals surface area contributed by atoms with Crippen LogP contribution >= 0.6 is 0 Å². The van der Waals surface area contributed by atoms with E-state index in [0.29, 0.717) is 0 Å². The van der Waals surface area contributed by atoms with Gasteiger partial charge in [-0.15, -0.1) is 0 Å². The van der Waals surface area contributed by atoms with Gasteiger partial charge in [0, 0.05) is 0 Å². The summed E-state index contributed by atoms with van der Waals surface area (Å²) in [6.07, 6.45) is 5.72. The summed E-state index contributed by atoms with van der Waals surface area (Å²) in [6.45, 7) is 3.42. The van der Waals surface area contributed by atoms with Crippen LogP contribution in [-0.4, -0.2) is 11.8 Å². The van der Waals surface area contributed by atoms with Gasteiger partial charge in [0.2, 0.25) is 11.8 Å². The predicted molar refractivity (Wildman–Crippen MR) is 42.8 cm³/mol. The molecule has 0 unspecified atom stereocenters. The molecular formula is C8H11NO2. The van der Waals surface area contributed by atoms with Gasteiger partial charge >= 0.3 is 0 Å². The Kier molecular flexibility index (Phi) is 4.73. The summed E-state index contributed by atoms with van der Waals surface area (Å²) in [5, 5.41) is 2.13. The van der Waals surface area contributed by atoms with Crippen molar-refractivity contribution in [2.75, 3.05) is 0 Å². The van der Waals surface area contributed by atoms with Crippen molar-refractivity contribution in [3.8, 4) is 0 Å². The molecule has 0 aromatic rings. The Balaban J connectivity index is 3.85. The van der Waals surface area contributed by atoms with Gasteiger partial charge in [-0.05, 0) is 26.0 Å². The minimum absolute atomic E-state index is 0.393. The molecule has 60 valence electrons. The predicted octanol–water partition coefficient (Wildman–Crippen LogP) is 0.781. The third-order valence-electron chi connectivity index (χ3n) is 0.882. The molecule has 0 atom stereocenters. The molecule has 2 amide bonds. The average Bonchev–Trinajstić information content (AvgIpc) is 1.87. The number of imide groups is 1. The van der Waals surface area contributed by atoms with Crippen molar-refractivity contribution in [2.45, 2.75) is 13.8 Å². The highest BCUT2D eigenvalue weighted by Gasteiger charge is 1.97. The summed E-state index contributed by atoms with van der Waals surface area (Å²) in [6, 6.07) is 0. The highest BCUT2D eigenvalue weighted by molar-refractivity contribution is 6.04. The van der Waals surface area contributed by atoms with E-state index in [-0.39, 0.29) is 0 Å². The standard InChI is InChI=1S/C8H11NO2/c1-3-5-7(10)9-8(11)6-4-2/h3-6H,1-2H3,(H,9,10,11)/b5-3+,6-4+. The topological polar surface area (TPSA) is 46.2 Å². The maximum absolute atomic E-state index is 10.7. The number of carbonyl (C=O) groups excluding carboxylic acids is 2. The van der Waals surface area contributed by atoms with Crippen molar-refractivity contribution >= 4 is 11.8 Å². The highest BCUT2D eigenvalue weighted by Crippen LogP contribution is 1.75. The van der Waals surface area contributed by atoms with E-state index in [0.717, 1.165) is 0 Å². The first-order valence-corrected chi connectivity index (χ1v) is 3.31. The second-order valence-corrected chi connectivity index (χ2v) is 1.85. The molecule has 0 radical (unpaired) electrons. The van der Waals surface area contributed by atoms with Crippen LogP contribution in [0, 0.1) is 0 Å². The van der Waals surface area contributed by atoms with Crippen LogP contribution in [0.2, 0.25) is 0 Å². The molecule has 3 nitrogen and oxygen atoms in total. The molecule has 0 fully saturated rings. The summed E-state index contributed by atoms with van der Waals surface area (Å²) in [5.41, 5.74) is 0. The quantitative estimate of drug-likeness (QED) is 0.596. The van der Waals surface area contributed by atoms with E-state index in [2.05, 4.69) is 5.32 Å². The van der Waals surface area contributed by atoms with Crippen LogP contribution in [0.5, 0.6) is 0 Å². The number of hydrogen-bond acceptors (Lipinski definition) is 2. The van der Waals surface area contributed by atoms with Crippen molar-refractivity contribution in [3.63, 3.8) is 0 Å². The summed E-state index contributed by atoms with van der Waals surface area (Å²) in [7, 11) is 0. The van der Waals surface area contributed by atoms with Gasteiger partial charge in [-0.25, -0.2) is 0 Å². The number of amides is 2. The third kappa shape index (κ3) is 5.08. The van der Waals surface area contributed by atoms with Gasteiger partial charge in [0.05, 0.1) is 0 Å². The fourth-order valence-electron chi connectivity index (χ4n) is 0.508. The zero-order valence-corrected chi connectivity index (χ0v) is 6.63. The second kappa shape index (κ2) is 5.41. The number of hydrogen-bond donors (Lipinski definition) is 1. The molecule has 0 aliphatic heterocycles. The largest absolute Gasteiger partial charge is 0.289 e. The molecule has 0 aliphatic rings. The zero-order chi connectivity index (χ0) is 8.69. The van der Waals surface area contributed by atoms with Gasteiger partial charge in [0.15, 0.2) is 0 Å². The van der Waals surface area contributed by atoms with Gasteiger partial charge < -0.3 is 0 Å². The smallest absolute Gasteiger partial charge is 0.250 e. The first-order chi connectivity index (χ1) is 5.20. The third-order valence-corrected chi connectivity index (χ3v) is 0.882. The average molecular weight is 153 g/mol. The molecule has 0 aromatic carbocycles. The summed E-state index contributed by atoms with van der Waals surface area (Å²) in [5.74, 6) is -0.786. The highest BCUT2D eigenvalue weighted by atomic mass is 16.2. The Hall–Kier alpha value is -1.38. The van der Waals surface area contributed by atoms with Crippen LogP contribution in [0.1, 0.15) is 13.8 Å². The fraction of sp³-hybridized carbons (Fsp3) is 0.250. The summed E-state index contributed by atoms with van der Waals surface area (Å²) < 4.78 is 0. The fourth-order valence-corrected chi connectivity index (χ4v) is 0.508. The molecule has 1 N–H and O–H groups in total. The molecule has 3 heteroatoms. The SMILES string of the molecule is C/C=C/C(=O)NC(=O)/C=C/C. The Labute approximate surface area is 65.8 Å². The van der Waals surface area contributed by atoms with E-state index in [1.807, 2.05) is 0 Å². The van der Waals surface area contributed by atoms with Gasteiger partial charge in [0.25, 0.3) is 0 Å². The second-order valence-electron chi connectivity index (χ2n) is 1.85. The van der Waals surface area contributed by atoms with E-state index in [1.165, 1.54) is 12.2 Å². The first-order valence-electron chi connectivity index (χ1n) is 3.31. The summed E-state index contributed by atoms with van der Waals surface area (Å²) >= 11 is 0. The number of allylic oxidation sites excluding steroid dienone is 2. The maximum atomic E-state index is 10.7. The van der Waals surface area contributed by atoms with Crippen molar-refractivity contribution in [3.05, 3.63) is 24.3 Å². The van der Waals surface area contributed by atoms with Crippen LogP contribution in [0.15, 0.2) is 24.3 Å². The van der Waals surface area contributed by atoms with Gasteiger partial charge in [-0.2, -0.15) is 0 Å². The van der Waals surface area contributed by atoms with Crippen LogP contribution in [0.4, 0.5) is 0 Å². The van der Waals surface area contributed by atoms with Crippen molar-refractivity contribution in [1.29, 1.82) is 0 Å². The van der Waals surface area contributed by atoms with Crippen molar-refractivity contribution in [2.24, 2.45) is 0 Å². The lowest BCUT2D eigenvalue weighted by molar-refractivity contribution is -0.125. The molecule has 0 saturated carbocycles. The minimum atomic E-state index is -0.393. The zero-order valence-electron chi connectivity index (χ0n) is 6.63. The molecule has 0 aliphatic carbocycles. The monoisotopic (exact) mass is 153 g/mol. The molecular weight excluding hydrogens is 142 g/mol. The molecule has 11 heavy (non-hydrogen) atoms. The first kappa shape index (κ1) is 9.62. The lowest BCUT2D eigenvalue weighted by atomic mass is 10.4. The number of nitrogens with one attached hydrogen (secondary N) is 1. The van der Waals surface area contributed by atoms with E-state index in [1.54, 1.807) is 26.0 Å². The normalized spacial score (nSPS) is 10.7. The van der Waals surface area contributed by atoms with E-state index < -0.39 is 11.8 Å². The van der Waals surface area contributed by atoms with Gasteiger partial charge in [-0.1, -0.05) is 12.2 Å². The lowest BCUT2D eigenvalue weighted by Crippen LogP contribution is -2.26. The molecule has 0 aromatic heterocycles. The lowest BCUT2D eigenvalue weighted by Gasteiger charge is -1.92. The molecule has 0 spiro atoms. The van der Waals surface area contributed by atoms with Crippen LogP contribution in [-0.2, 0) is 9.59 Å². The van der Waals surface area contributed by atoms with Crippen LogP contribution in [0.3, 0.4) is 0 Å². The van der Waals surface area contributed by atoms with E-state index >= 15 is 0 Å². The Morgan fingerprint density at radius 2 is 1.36 bits per heavy atom. The van der Waals surface area contributed by atoms with Crippen LogP contribution in [0.25, 0.3) is 0 Å². The maximum Gasteiger partial charge on any atom is 0.250 e. The Morgan fingerprint density at radius 1 is 1.00 bits per heavy atom. The molecule has 0 heterocycles. The molecule has 0 rings (SSSR count). The molecule has 0 saturated heterocycles. The molecule has 0 bridgehead atoms.